The second-order valence-electron chi connectivity index (χ2n) is 5.54. The summed E-state index contributed by atoms with van der Waals surface area (Å²) in [5.74, 6) is 1.05. The highest BCUT2D eigenvalue weighted by molar-refractivity contribution is 5.81. The summed E-state index contributed by atoms with van der Waals surface area (Å²) < 4.78 is 5.72. The zero-order valence-corrected chi connectivity index (χ0v) is 12.0. The predicted octanol–water partition coefficient (Wildman–Crippen LogP) is 2.10. The fourth-order valence-electron chi connectivity index (χ4n) is 2.72. The van der Waals surface area contributed by atoms with Gasteiger partial charge in [0.05, 0.1) is 18.2 Å². The molecule has 1 aromatic heterocycles. The second-order valence-corrected chi connectivity index (χ2v) is 5.54. The van der Waals surface area contributed by atoms with E-state index in [1.165, 1.54) is 10.9 Å². The maximum atomic E-state index is 5.96. The Labute approximate surface area is 119 Å². The number of anilines is 1. The number of ether oxygens (including phenoxy) is 1. The monoisotopic (exact) mass is 271 g/mol. The number of morpholine rings is 1. The van der Waals surface area contributed by atoms with Crippen LogP contribution in [0.5, 0.6) is 0 Å². The third kappa shape index (κ3) is 2.49. The molecule has 1 aliphatic rings. The van der Waals surface area contributed by atoms with Crippen molar-refractivity contribution < 1.29 is 4.74 Å². The minimum Gasteiger partial charge on any atom is -0.373 e. The molecule has 1 saturated heterocycles. The highest BCUT2D eigenvalue weighted by Gasteiger charge is 2.25. The van der Waals surface area contributed by atoms with E-state index in [1.54, 1.807) is 0 Å². The van der Waals surface area contributed by atoms with Crippen LogP contribution in [0.15, 0.2) is 30.3 Å². The van der Waals surface area contributed by atoms with Crippen molar-refractivity contribution in [3.05, 3.63) is 35.9 Å². The van der Waals surface area contributed by atoms with Crippen molar-refractivity contribution in [1.29, 1.82) is 0 Å². The van der Waals surface area contributed by atoms with E-state index >= 15 is 0 Å². The Balaban J connectivity index is 1.94. The van der Waals surface area contributed by atoms with E-state index in [0.717, 1.165) is 24.4 Å². The molecule has 4 nitrogen and oxygen atoms in total. The van der Waals surface area contributed by atoms with Gasteiger partial charge in [0.2, 0.25) is 0 Å². The van der Waals surface area contributed by atoms with Crippen LogP contribution in [0, 0.1) is 6.92 Å². The first kappa shape index (κ1) is 13.3. The van der Waals surface area contributed by atoms with Crippen LogP contribution in [0.2, 0.25) is 0 Å². The van der Waals surface area contributed by atoms with Gasteiger partial charge >= 0.3 is 0 Å². The first-order chi connectivity index (χ1) is 9.65. The maximum Gasteiger partial charge on any atom is 0.132 e. The number of pyridine rings is 1. The molecule has 2 aromatic rings. The summed E-state index contributed by atoms with van der Waals surface area (Å²) >= 11 is 0. The van der Waals surface area contributed by atoms with Crippen molar-refractivity contribution in [3.8, 4) is 0 Å². The Morgan fingerprint density at radius 1 is 1.40 bits per heavy atom. The van der Waals surface area contributed by atoms with Gasteiger partial charge < -0.3 is 15.4 Å². The molecular weight excluding hydrogens is 250 g/mol. The van der Waals surface area contributed by atoms with Gasteiger partial charge in [-0.1, -0.05) is 18.2 Å². The Bertz CT molecular complexity index is 612. The molecule has 1 aliphatic heterocycles. The first-order valence-corrected chi connectivity index (χ1v) is 7.13. The van der Waals surface area contributed by atoms with Crippen LogP contribution in [-0.2, 0) is 4.74 Å². The number of hydrogen-bond acceptors (Lipinski definition) is 4. The van der Waals surface area contributed by atoms with Crippen LogP contribution in [0.1, 0.15) is 12.5 Å². The van der Waals surface area contributed by atoms with Gasteiger partial charge in [-0.3, -0.25) is 0 Å². The lowest BCUT2D eigenvalue weighted by Gasteiger charge is -2.36. The van der Waals surface area contributed by atoms with Crippen molar-refractivity contribution in [2.45, 2.75) is 26.0 Å². The molecule has 4 heteroatoms. The zero-order valence-electron chi connectivity index (χ0n) is 12.0. The number of benzene rings is 1. The smallest absolute Gasteiger partial charge is 0.132 e. The quantitative estimate of drug-likeness (QED) is 0.908. The molecule has 0 radical (unpaired) electrons. The van der Waals surface area contributed by atoms with E-state index < -0.39 is 0 Å². The van der Waals surface area contributed by atoms with Gasteiger partial charge in [0.25, 0.3) is 0 Å². The molecule has 0 bridgehead atoms. The number of aromatic nitrogens is 1. The average molecular weight is 271 g/mol. The normalized spacial score (nSPS) is 21.1. The maximum absolute atomic E-state index is 5.96. The van der Waals surface area contributed by atoms with Gasteiger partial charge in [-0.2, -0.15) is 0 Å². The number of rotatable bonds is 2. The molecule has 0 aliphatic carbocycles. The third-order valence-corrected chi connectivity index (χ3v) is 3.87. The minimum absolute atomic E-state index is 0.0403. The van der Waals surface area contributed by atoms with E-state index in [0.29, 0.717) is 6.61 Å². The summed E-state index contributed by atoms with van der Waals surface area (Å²) in [7, 11) is 0. The average Bonchev–Trinajstić information content (AvgIpc) is 2.46. The van der Waals surface area contributed by atoms with Gasteiger partial charge in [-0.05, 0) is 31.5 Å². The highest BCUT2D eigenvalue weighted by Crippen LogP contribution is 2.24. The molecule has 3 rings (SSSR count). The highest BCUT2D eigenvalue weighted by atomic mass is 16.5. The molecule has 20 heavy (non-hydrogen) atoms. The number of aryl methyl sites for hydroxylation is 1. The zero-order chi connectivity index (χ0) is 14.1. The van der Waals surface area contributed by atoms with Gasteiger partial charge in [0.15, 0.2) is 0 Å². The van der Waals surface area contributed by atoms with E-state index in [9.17, 15) is 0 Å². The van der Waals surface area contributed by atoms with E-state index in [-0.39, 0.29) is 12.1 Å². The lowest BCUT2D eigenvalue weighted by molar-refractivity contribution is 0.0273. The molecule has 106 valence electrons. The fraction of sp³-hybridized carbons (Fsp3) is 0.438. The molecule has 2 N–H and O–H groups in total. The number of para-hydroxylation sites is 1. The van der Waals surface area contributed by atoms with Crippen LogP contribution in [0.4, 0.5) is 5.82 Å². The molecule has 1 fully saturated rings. The molecular formula is C16H21N3O. The molecule has 0 spiro atoms. The van der Waals surface area contributed by atoms with Crippen LogP contribution >= 0.6 is 0 Å². The van der Waals surface area contributed by atoms with Crippen molar-refractivity contribution in [2.75, 3.05) is 24.6 Å². The summed E-state index contributed by atoms with van der Waals surface area (Å²) in [5, 5.41) is 1.19. The van der Waals surface area contributed by atoms with E-state index in [2.05, 4.69) is 30.0 Å². The summed E-state index contributed by atoms with van der Waals surface area (Å²) in [6, 6.07) is 10.5. The molecule has 0 amide bonds. The Hall–Kier alpha value is -1.65. The minimum atomic E-state index is 0.0403. The van der Waals surface area contributed by atoms with Gasteiger partial charge in [-0.15, -0.1) is 0 Å². The Morgan fingerprint density at radius 3 is 3.00 bits per heavy atom. The Morgan fingerprint density at radius 2 is 2.20 bits per heavy atom. The Kier molecular flexibility index (Phi) is 3.59. The number of hydrogen-bond donors (Lipinski definition) is 1. The van der Waals surface area contributed by atoms with E-state index in [4.69, 9.17) is 15.5 Å². The molecule has 2 heterocycles. The summed E-state index contributed by atoms with van der Waals surface area (Å²) in [5.41, 5.74) is 8.21. The van der Waals surface area contributed by atoms with Crippen LogP contribution in [0.25, 0.3) is 10.9 Å². The number of nitrogens with zero attached hydrogens (tertiary/aromatic N) is 2. The first-order valence-electron chi connectivity index (χ1n) is 7.13. The summed E-state index contributed by atoms with van der Waals surface area (Å²) in [6.07, 6.45) is 0.0800. The van der Waals surface area contributed by atoms with Crippen molar-refractivity contribution >= 4 is 16.7 Å². The predicted molar refractivity (Wildman–Crippen MR) is 82.1 cm³/mol. The lowest BCUT2D eigenvalue weighted by atomic mass is 10.1. The molecule has 0 saturated carbocycles. The molecule has 2 unspecified atom stereocenters. The SMILES string of the molecule is Cc1cc2ccccc2nc1N1CCOC(C(C)N)C1. The van der Waals surface area contributed by atoms with Crippen LogP contribution < -0.4 is 10.6 Å². The largest absolute Gasteiger partial charge is 0.373 e. The lowest BCUT2D eigenvalue weighted by Crippen LogP contribution is -2.50. The molecule has 2 atom stereocenters. The third-order valence-electron chi connectivity index (χ3n) is 3.87. The van der Waals surface area contributed by atoms with Crippen LogP contribution in [0.3, 0.4) is 0 Å². The summed E-state index contributed by atoms with van der Waals surface area (Å²) in [6.45, 7) is 6.50. The van der Waals surface area contributed by atoms with Crippen LogP contribution in [-0.4, -0.2) is 36.8 Å². The molecule has 1 aromatic carbocycles. The van der Waals surface area contributed by atoms with Gasteiger partial charge in [0, 0.05) is 24.5 Å². The number of fused-ring (bicyclic) bond motifs is 1. The van der Waals surface area contributed by atoms with Crippen molar-refractivity contribution in [1.82, 2.24) is 4.98 Å². The second kappa shape index (κ2) is 5.38. The van der Waals surface area contributed by atoms with E-state index in [1.807, 2.05) is 19.1 Å². The topological polar surface area (TPSA) is 51.4 Å². The fourth-order valence-corrected chi connectivity index (χ4v) is 2.72. The van der Waals surface area contributed by atoms with Gasteiger partial charge in [-0.25, -0.2) is 4.98 Å². The van der Waals surface area contributed by atoms with Crippen molar-refractivity contribution in [2.24, 2.45) is 5.73 Å². The van der Waals surface area contributed by atoms with Gasteiger partial charge in [0.1, 0.15) is 5.82 Å². The summed E-state index contributed by atoms with van der Waals surface area (Å²) in [4.78, 5) is 7.11. The van der Waals surface area contributed by atoms with Crippen molar-refractivity contribution in [3.63, 3.8) is 0 Å². The standard InChI is InChI=1S/C16H21N3O/c1-11-9-13-5-3-4-6-14(13)18-16(11)19-7-8-20-15(10-19)12(2)17/h3-6,9,12,15H,7-8,10,17H2,1-2H3. The number of nitrogens with two attached hydrogens (primary N) is 1.